The average Bonchev–Trinajstić information content (AvgIpc) is 2.29. The molecule has 17 heavy (non-hydrogen) atoms. The summed E-state index contributed by atoms with van der Waals surface area (Å²) in [5.74, 6) is 0. The van der Waals surface area contributed by atoms with E-state index in [4.69, 9.17) is 12.2 Å². The molecular formula is C11H15N3O2S. The Morgan fingerprint density at radius 3 is 2.59 bits per heavy atom. The first kappa shape index (κ1) is 13.2. The molecule has 0 aromatic heterocycles. The first-order valence-corrected chi connectivity index (χ1v) is 5.37. The molecule has 0 saturated heterocycles. The van der Waals surface area contributed by atoms with Crippen LogP contribution in [0.2, 0.25) is 0 Å². The van der Waals surface area contributed by atoms with Crippen molar-refractivity contribution in [1.29, 1.82) is 0 Å². The van der Waals surface area contributed by atoms with Crippen LogP contribution in [-0.2, 0) is 4.74 Å². The van der Waals surface area contributed by atoms with Crippen LogP contribution >= 0.6 is 12.2 Å². The highest BCUT2D eigenvalue weighted by atomic mass is 32.1. The third-order valence-corrected chi connectivity index (χ3v) is 2.24. The van der Waals surface area contributed by atoms with Crippen LogP contribution in [0.15, 0.2) is 24.3 Å². The zero-order valence-electron chi connectivity index (χ0n) is 9.98. The van der Waals surface area contributed by atoms with Gasteiger partial charge in [-0.3, -0.25) is 5.32 Å². The number of carbonyl (C=O) groups excluding carboxylic acids is 1. The number of rotatable bonds is 2. The van der Waals surface area contributed by atoms with Gasteiger partial charge in [0.25, 0.3) is 0 Å². The second-order valence-corrected chi connectivity index (χ2v) is 3.89. The van der Waals surface area contributed by atoms with Gasteiger partial charge in [-0.1, -0.05) is 12.1 Å². The van der Waals surface area contributed by atoms with E-state index in [1.165, 1.54) is 7.11 Å². The van der Waals surface area contributed by atoms with Crippen LogP contribution in [0, 0.1) is 0 Å². The van der Waals surface area contributed by atoms with Crippen LogP contribution in [0.1, 0.15) is 0 Å². The van der Waals surface area contributed by atoms with E-state index in [0.29, 0.717) is 0 Å². The maximum absolute atomic E-state index is 11.0. The molecule has 6 heteroatoms. The molecule has 5 nitrogen and oxygen atoms in total. The molecule has 0 unspecified atom stereocenters. The Hall–Kier alpha value is -1.82. The quantitative estimate of drug-likeness (QED) is 0.787. The van der Waals surface area contributed by atoms with E-state index in [9.17, 15) is 4.79 Å². The van der Waals surface area contributed by atoms with Gasteiger partial charge in [-0.15, -0.1) is 0 Å². The molecule has 0 heterocycles. The molecule has 0 saturated carbocycles. The van der Waals surface area contributed by atoms with Crippen molar-refractivity contribution in [3.05, 3.63) is 24.3 Å². The lowest BCUT2D eigenvalue weighted by Crippen LogP contribution is -2.34. The van der Waals surface area contributed by atoms with Crippen LogP contribution in [0.4, 0.5) is 16.2 Å². The summed E-state index contributed by atoms with van der Waals surface area (Å²) in [6.45, 7) is 0. The van der Waals surface area contributed by atoms with Gasteiger partial charge in [0.1, 0.15) is 0 Å². The molecule has 0 aliphatic rings. The summed E-state index contributed by atoms with van der Waals surface area (Å²) in [7, 11) is 5.14. The molecule has 0 spiro atoms. The summed E-state index contributed by atoms with van der Waals surface area (Å²) in [5.41, 5.74) is 1.79. The van der Waals surface area contributed by atoms with Crippen LogP contribution < -0.4 is 15.5 Å². The summed E-state index contributed by atoms with van der Waals surface area (Å²) in [4.78, 5) is 12.9. The van der Waals surface area contributed by atoms with Crippen LogP contribution in [0.25, 0.3) is 0 Å². The zero-order chi connectivity index (χ0) is 12.8. The number of nitrogens with zero attached hydrogens (tertiary/aromatic N) is 1. The van der Waals surface area contributed by atoms with Gasteiger partial charge in [0.15, 0.2) is 5.11 Å². The van der Waals surface area contributed by atoms with E-state index >= 15 is 0 Å². The number of hydrogen-bond donors (Lipinski definition) is 2. The van der Waals surface area contributed by atoms with Gasteiger partial charge in [0.05, 0.1) is 18.5 Å². The van der Waals surface area contributed by atoms with Crippen LogP contribution in [0.3, 0.4) is 0 Å². The Morgan fingerprint density at radius 1 is 1.35 bits per heavy atom. The van der Waals surface area contributed by atoms with Crippen LogP contribution in [0.5, 0.6) is 0 Å². The molecule has 1 aromatic carbocycles. The van der Waals surface area contributed by atoms with Gasteiger partial charge in [0.2, 0.25) is 0 Å². The predicted octanol–water partition coefficient (Wildman–Crippen LogP) is 1.81. The Kier molecular flexibility index (Phi) is 4.71. The summed E-state index contributed by atoms with van der Waals surface area (Å²) in [6, 6.07) is 7.64. The molecule has 0 bridgehead atoms. The number of thiocarbonyl (C=S) groups is 1. The van der Waals surface area contributed by atoms with Crippen molar-refractivity contribution >= 4 is 34.8 Å². The second-order valence-electron chi connectivity index (χ2n) is 3.48. The van der Waals surface area contributed by atoms with Gasteiger partial charge in [-0.25, -0.2) is 4.79 Å². The molecule has 0 aliphatic carbocycles. The number of nitrogens with one attached hydrogen (secondary N) is 2. The topological polar surface area (TPSA) is 53.6 Å². The highest BCUT2D eigenvalue weighted by Crippen LogP contribution is 2.23. The predicted molar refractivity (Wildman–Crippen MR) is 72.5 cm³/mol. The number of methoxy groups -OCH3 is 1. The number of carbonyl (C=O) groups is 1. The molecule has 92 valence electrons. The Bertz CT molecular complexity index is 421. The number of ether oxygens (including phenoxy) is 1. The molecule has 1 aromatic rings. The fourth-order valence-corrected chi connectivity index (χ4v) is 1.46. The highest BCUT2D eigenvalue weighted by Gasteiger charge is 2.07. The third kappa shape index (κ3) is 3.92. The molecular weight excluding hydrogens is 238 g/mol. The lowest BCUT2D eigenvalue weighted by Gasteiger charge is -2.18. The van der Waals surface area contributed by atoms with E-state index in [1.807, 2.05) is 43.3 Å². The standard InChI is InChI=1S/C11H15N3O2S/c1-14(2)9-7-5-4-6-8(9)12-10(17)13-11(15)16-3/h4-7H,1-3H3,(H2,12,13,15,17). The molecule has 2 N–H and O–H groups in total. The molecule has 1 rings (SSSR count). The van der Waals surface area contributed by atoms with E-state index in [0.717, 1.165) is 11.4 Å². The zero-order valence-corrected chi connectivity index (χ0v) is 10.8. The maximum Gasteiger partial charge on any atom is 0.413 e. The van der Waals surface area contributed by atoms with Crippen molar-refractivity contribution in [2.24, 2.45) is 0 Å². The van der Waals surface area contributed by atoms with Crippen molar-refractivity contribution < 1.29 is 9.53 Å². The van der Waals surface area contributed by atoms with Crippen molar-refractivity contribution in [2.75, 3.05) is 31.4 Å². The second kappa shape index (κ2) is 6.05. The number of amides is 1. The molecule has 0 atom stereocenters. The van der Waals surface area contributed by atoms with Crippen molar-refractivity contribution in [1.82, 2.24) is 5.32 Å². The first-order chi connectivity index (χ1) is 8.04. The average molecular weight is 253 g/mol. The fraction of sp³-hybridized carbons (Fsp3) is 0.273. The van der Waals surface area contributed by atoms with E-state index in [2.05, 4.69) is 15.4 Å². The summed E-state index contributed by atoms with van der Waals surface area (Å²) in [6.07, 6.45) is -0.593. The number of benzene rings is 1. The number of anilines is 2. The lowest BCUT2D eigenvalue weighted by molar-refractivity contribution is 0.177. The highest BCUT2D eigenvalue weighted by molar-refractivity contribution is 7.80. The van der Waals surface area contributed by atoms with Gasteiger partial charge in [-0.05, 0) is 24.4 Å². The Balaban J connectivity index is 2.74. The summed E-state index contributed by atoms with van der Waals surface area (Å²) in [5, 5.41) is 5.52. The van der Waals surface area contributed by atoms with E-state index < -0.39 is 6.09 Å². The number of para-hydroxylation sites is 2. The summed E-state index contributed by atoms with van der Waals surface area (Å²) < 4.78 is 4.45. The van der Waals surface area contributed by atoms with E-state index in [1.54, 1.807) is 0 Å². The molecule has 0 aliphatic heterocycles. The SMILES string of the molecule is COC(=O)NC(=S)Nc1ccccc1N(C)C. The summed E-state index contributed by atoms with van der Waals surface area (Å²) >= 11 is 4.98. The smallest absolute Gasteiger partial charge is 0.413 e. The van der Waals surface area contributed by atoms with Gasteiger partial charge in [-0.2, -0.15) is 0 Å². The molecule has 0 fully saturated rings. The monoisotopic (exact) mass is 253 g/mol. The normalized spacial score (nSPS) is 9.35. The minimum absolute atomic E-state index is 0.200. The third-order valence-electron chi connectivity index (χ3n) is 2.04. The first-order valence-electron chi connectivity index (χ1n) is 4.97. The Labute approximate surface area is 106 Å². The van der Waals surface area contributed by atoms with Crippen molar-refractivity contribution in [3.63, 3.8) is 0 Å². The lowest BCUT2D eigenvalue weighted by atomic mass is 10.2. The number of hydrogen-bond acceptors (Lipinski definition) is 4. The van der Waals surface area contributed by atoms with Gasteiger partial charge in [0, 0.05) is 14.1 Å². The van der Waals surface area contributed by atoms with Gasteiger partial charge < -0.3 is 15.0 Å². The molecule has 1 amide bonds. The van der Waals surface area contributed by atoms with Crippen molar-refractivity contribution in [3.8, 4) is 0 Å². The van der Waals surface area contributed by atoms with Gasteiger partial charge >= 0.3 is 6.09 Å². The van der Waals surface area contributed by atoms with E-state index in [-0.39, 0.29) is 5.11 Å². The Morgan fingerprint density at radius 2 is 2.00 bits per heavy atom. The minimum Gasteiger partial charge on any atom is -0.453 e. The molecule has 0 radical (unpaired) electrons. The van der Waals surface area contributed by atoms with Crippen molar-refractivity contribution in [2.45, 2.75) is 0 Å². The minimum atomic E-state index is -0.593. The van der Waals surface area contributed by atoms with Crippen LogP contribution in [-0.4, -0.2) is 32.4 Å². The largest absolute Gasteiger partial charge is 0.453 e. The number of alkyl carbamates (subject to hydrolysis) is 1. The fourth-order valence-electron chi connectivity index (χ4n) is 1.27. The maximum atomic E-state index is 11.0.